The molecule has 0 aliphatic heterocycles. The van der Waals surface area contributed by atoms with E-state index in [0.29, 0.717) is 25.1 Å². The number of hydrogen-bond donors (Lipinski definition) is 1. The van der Waals surface area contributed by atoms with Crippen LogP contribution in [-0.2, 0) is 27.3 Å². The number of carbonyl (C=O) groups excluding carboxylic acids is 2. The highest BCUT2D eigenvalue weighted by Crippen LogP contribution is 2.12. The van der Waals surface area contributed by atoms with E-state index < -0.39 is 12.1 Å². The summed E-state index contributed by atoms with van der Waals surface area (Å²) in [7, 11) is 1.62. The summed E-state index contributed by atoms with van der Waals surface area (Å²) in [5.74, 6) is -0.0632. The number of carbonyl (C=O) groups is 2. The smallest absolute Gasteiger partial charge is 0.338 e. The van der Waals surface area contributed by atoms with Gasteiger partial charge in [0.05, 0.1) is 25.4 Å². The number of methoxy groups -OCH3 is 1. The van der Waals surface area contributed by atoms with Gasteiger partial charge in [0, 0.05) is 6.54 Å². The molecule has 29 heavy (non-hydrogen) atoms. The van der Waals surface area contributed by atoms with Gasteiger partial charge >= 0.3 is 5.97 Å². The Morgan fingerprint density at radius 1 is 0.931 bits per heavy atom. The third kappa shape index (κ3) is 7.58. The van der Waals surface area contributed by atoms with E-state index in [0.717, 1.165) is 16.9 Å². The maximum absolute atomic E-state index is 12.2. The van der Waals surface area contributed by atoms with Crippen molar-refractivity contribution in [3.63, 3.8) is 0 Å². The summed E-state index contributed by atoms with van der Waals surface area (Å²) in [6.07, 6.45) is -0.0536. The molecule has 0 radical (unpaired) electrons. The summed E-state index contributed by atoms with van der Waals surface area (Å²) in [5.41, 5.74) is 2.45. The largest absolute Gasteiger partial charge is 0.497 e. The molecule has 2 rings (SSSR count). The number of nitrogens with one attached hydrogen (secondary N) is 1. The normalized spacial score (nSPS) is 11.8. The number of rotatable bonds is 10. The zero-order chi connectivity index (χ0) is 21.2. The van der Waals surface area contributed by atoms with Crippen molar-refractivity contribution >= 4 is 11.9 Å². The molecule has 0 saturated carbocycles. The van der Waals surface area contributed by atoms with E-state index >= 15 is 0 Å². The van der Waals surface area contributed by atoms with Crippen LogP contribution in [0.4, 0.5) is 0 Å². The van der Waals surface area contributed by atoms with E-state index in [9.17, 15) is 9.59 Å². The number of hydrogen-bond acceptors (Lipinski definition) is 5. The van der Waals surface area contributed by atoms with Crippen LogP contribution in [0.25, 0.3) is 0 Å². The lowest BCUT2D eigenvalue weighted by Crippen LogP contribution is -2.36. The van der Waals surface area contributed by atoms with Crippen molar-refractivity contribution < 1.29 is 23.8 Å². The fraction of sp³-hybridized carbons (Fsp3) is 0.391. The van der Waals surface area contributed by atoms with Crippen molar-refractivity contribution in [3.05, 3.63) is 65.2 Å². The fourth-order valence-corrected chi connectivity index (χ4v) is 2.55. The minimum Gasteiger partial charge on any atom is -0.497 e. The molecule has 0 saturated heterocycles. The van der Waals surface area contributed by atoms with Crippen LogP contribution < -0.4 is 10.1 Å². The molecule has 6 nitrogen and oxygen atoms in total. The second kappa shape index (κ2) is 11.2. The average Bonchev–Trinajstić information content (AvgIpc) is 2.72. The van der Waals surface area contributed by atoms with Gasteiger partial charge in [-0.25, -0.2) is 4.79 Å². The maximum Gasteiger partial charge on any atom is 0.338 e. The van der Waals surface area contributed by atoms with Gasteiger partial charge in [-0.3, -0.25) is 4.79 Å². The van der Waals surface area contributed by atoms with Crippen molar-refractivity contribution in [2.24, 2.45) is 0 Å². The number of esters is 1. The van der Waals surface area contributed by atoms with E-state index in [1.54, 1.807) is 26.2 Å². The number of amides is 1. The fourth-order valence-electron chi connectivity index (χ4n) is 2.55. The van der Waals surface area contributed by atoms with Gasteiger partial charge in [0.25, 0.3) is 5.91 Å². The molecular formula is C23H29NO5. The Morgan fingerprint density at radius 3 is 2.14 bits per heavy atom. The summed E-state index contributed by atoms with van der Waals surface area (Å²) in [4.78, 5) is 24.4. The van der Waals surface area contributed by atoms with Gasteiger partial charge in [-0.1, -0.05) is 24.3 Å². The Morgan fingerprint density at radius 2 is 1.55 bits per heavy atom. The molecule has 156 valence electrons. The molecule has 0 aliphatic carbocycles. The van der Waals surface area contributed by atoms with Crippen LogP contribution in [-0.4, -0.2) is 37.7 Å². The summed E-state index contributed by atoms with van der Waals surface area (Å²) in [5, 5.41) is 2.79. The minimum absolute atomic E-state index is 0.142. The molecule has 0 aromatic heterocycles. The Labute approximate surface area is 172 Å². The molecule has 0 aliphatic rings. The molecule has 1 N–H and O–H groups in total. The quantitative estimate of drug-likeness (QED) is 0.619. The SMILES string of the molecule is COc1ccc(CCNC(=O)[C@@H](C)OC(=O)c2ccc(COC(C)C)cc2)cc1. The Kier molecular flexibility index (Phi) is 8.68. The van der Waals surface area contributed by atoms with Crippen molar-refractivity contribution in [1.29, 1.82) is 0 Å². The zero-order valence-corrected chi connectivity index (χ0v) is 17.4. The third-order valence-corrected chi connectivity index (χ3v) is 4.30. The van der Waals surface area contributed by atoms with E-state index in [-0.39, 0.29) is 12.0 Å². The first-order valence-corrected chi connectivity index (χ1v) is 9.71. The minimum atomic E-state index is -0.873. The van der Waals surface area contributed by atoms with Crippen molar-refractivity contribution in [1.82, 2.24) is 5.32 Å². The van der Waals surface area contributed by atoms with Crippen LogP contribution in [0.1, 0.15) is 42.3 Å². The second-order valence-electron chi connectivity index (χ2n) is 6.99. The molecule has 0 bridgehead atoms. The highest BCUT2D eigenvalue weighted by molar-refractivity contribution is 5.92. The predicted molar refractivity (Wildman–Crippen MR) is 111 cm³/mol. The Hall–Kier alpha value is -2.86. The van der Waals surface area contributed by atoms with Crippen LogP contribution in [0, 0.1) is 0 Å². The van der Waals surface area contributed by atoms with Gasteiger partial charge < -0.3 is 19.5 Å². The maximum atomic E-state index is 12.2. The highest BCUT2D eigenvalue weighted by Gasteiger charge is 2.18. The molecule has 1 amide bonds. The van der Waals surface area contributed by atoms with Crippen molar-refractivity contribution in [2.75, 3.05) is 13.7 Å². The first-order chi connectivity index (χ1) is 13.9. The van der Waals surface area contributed by atoms with Gasteiger partial charge in [0.1, 0.15) is 5.75 Å². The number of ether oxygens (including phenoxy) is 3. The zero-order valence-electron chi connectivity index (χ0n) is 17.4. The number of benzene rings is 2. The van der Waals surface area contributed by atoms with Gasteiger partial charge in [0.2, 0.25) is 0 Å². The lowest BCUT2D eigenvalue weighted by atomic mass is 10.1. The van der Waals surface area contributed by atoms with Gasteiger partial charge in [0.15, 0.2) is 6.10 Å². The van der Waals surface area contributed by atoms with Gasteiger partial charge in [-0.05, 0) is 62.6 Å². The van der Waals surface area contributed by atoms with E-state index in [1.165, 1.54) is 0 Å². The molecule has 2 aromatic carbocycles. The topological polar surface area (TPSA) is 73.9 Å². The summed E-state index contributed by atoms with van der Waals surface area (Å²) >= 11 is 0. The molecule has 0 fully saturated rings. The molecule has 1 atom stereocenters. The van der Waals surface area contributed by atoms with E-state index in [1.807, 2.05) is 50.2 Å². The summed E-state index contributed by atoms with van der Waals surface area (Å²) in [6.45, 7) is 6.44. The molecule has 0 unspecified atom stereocenters. The van der Waals surface area contributed by atoms with Gasteiger partial charge in [-0.2, -0.15) is 0 Å². The van der Waals surface area contributed by atoms with E-state index in [2.05, 4.69) is 5.32 Å². The molecule has 0 spiro atoms. The Balaban J connectivity index is 1.76. The lowest BCUT2D eigenvalue weighted by Gasteiger charge is -2.14. The summed E-state index contributed by atoms with van der Waals surface area (Å²) in [6, 6.07) is 14.6. The van der Waals surface area contributed by atoms with Crippen molar-refractivity contribution in [3.8, 4) is 5.75 Å². The first kappa shape index (κ1) is 22.4. The lowest BCUT2D eigenvalue weighted by molar-refractivity contribution is -0.129. The monoisotopic (exact) mass is 399 g/mol. The second-order valence-corrected chi connectivity index (χ2v) is 6.99. The van der Waals surface area contributed by atoms with Crippen molar-refractivity contribution in [2.45, 2.75) is 46.0 Å². The predicted octanol–water partition coefficient (Wildman–Crippen LogP) is 3.52. The molecule has 0 heterocycles. The van der Waals surface area contributed by atoms with Crippen LogP contribution in [0.3, 0.4) is 0 Å². The van der Waals surface area contributed by atoms with Crippen LogP contribution in [0.5, 0.6) is 5.75 Å². The van der Waals surface area contributed by atoms with Crippen LogP contribution in [0.2, 0.25) is 0 Å². The first-order valence-electron chi connectivity index (χ1n) is 9.71. The van der Waals surface area contributed by atoms with Crippen LogP contribution >= 0.6 is 0 Å². The molecule has 2 aromatic rings. The summed E-state index contributed by atoms with van der Waals surface area (Å²) < 4.78 is 15.9. The highest BCUT2D eigenvalue weighted by atomic mass is 16.5. The Bertz CT molecular complexity index is 784. The van der Waals surface area contributed by atoms with E-state index in [4.69, 9.17) is 14.2 Å². The average molecular weight is 399 g/mol. The van der Waals surface area contributed by atoms with Crippen LogP contribution in [0.15, 0.2) is 48.5 Å². The standard InChI is InChI=1S/C23H29NO5/c1-16(2)28-15-19-5-9-20(10-6-19)23(26)29-17(3)22(25)24-14-13-18-7-11-21(27-4)12-8-18/h5-12,16-17H,13-15H2,1-4H3,(H,24,25)/t17-/m1/s1. The molecular weight excluding hydrogens is 370 g/mol. The van der Waals surface area contributed by atoms with Gasteiger partial charge in [-0.15, -0.1) is 0 Å². The third-order valence-electron chi connectivity index (χ3n) is 4.30. The molecule has 6 heteroatoms.